The lowest BCUT2D eigenvalue weighted by Gasteiger charge is -2.35. The van der Waals surface area contributed by atoms with Crippen molar-refractivity contribution in [3.8, 4) is 11.5 Å². The van der Waals surface area contributed by atoms with E-state index in [1.807, 2.05) is 6.08 Å². The molecule has 1 aliphatic carbocycles. The summed E-state index contributed by atoms with van der Waals surface area (Å²) in [6, 6.07) is 4.85. The van der Waals surface area contributed by atoms with Crippen LogP contribution in [0.25, 0.3) is 16.8 Å². The molecule has 3 aliphatic rings. The van der Waals surface area contributed by atoms with Crippen molar-refractivity contribution in [3.63, 3.8) is 0 Å². The summed E-state index contributed by atoms with van der Waals surface area (Å²) >= 11 is 0. The van der Waals surface area contributed by atoms with Gasteiger partial charge in [-0.05, 0) is 77.0 Å². The quantitative estimate of drug-likeness (QED) is 0.761. The van der Waals surface area contributed by atoms with Crippen LogP contribution in [0.15, 0.2) is 18.2 Å². The van der Waals surface area contributed by atoms with Crippen molar-refractivity contribution in [2.45, 2.75) is 44.4 Å². The first-order valence-corrected chi connectivity index (χ1v) is 9.97. The summed E-state index contributed by atoms with van der Waals surface area (Å²) in [6.45, 7) is 2.71. The van der Waals surface area contributed by atoms with Crippen molar-refractivity contribution < 1.29 is 19.0 Å². The number of carbonyl (C=O) groups excluding carboxylic acids is 1. The van der Waals surface area contributed by atoms with Crippen LogP contribution in [0.1, 0.15) is 35.1 Å². The highest BCUT2D eigenvalue weighted by Gasteiger charge is 2.34. The fourth-order valence-electron chi connectivity index (χ4n) is 5.28. The Hall–Kier alpha value is -2.53. The van der Waals surface area contributed by atoms with Crippen LogP contribution in [-0.4, -0.2) is 44.3 Å². The molecule has 5 nitrogen and oxygen atoms in total. The number of hydrogen-bond acceptors (Lipinski definition) is 5. The van der Waals surface area contributed by atoms with E-state index in [9.17, 15) is 4.79 Å². The van der Waals surface area contributed by atoms with E-state index in [2.05, 4.69) is 23.1 Å². The van der Waals surface area contributed by atoms with Gasteiger partial charge in [-0.3, -0.25) is 9.69 Å². The van der Waals surface area contributed by atoms with E-state index in [0.717, 1.165) is 24.5 Å². The number of fused-ring (bicyclic) bond motifs is 7. The molecule has 2 aromatic carbocycles. The summed E-state index contributed by atoms with van der Waals surface area (Å²) in [5, 5.41) is 2.41. The summed E-state index contributed by atoms with van der Waals surface area (Å²) in [4.78, 5) is 13.5. The number of methoxy groups -OCH3 is 2. The molecule has 0 radical (unpaired) electrons. The Morgan fingerprint density at radius 2 is 1.79 bits per heavy atom. The van der Waals surface area contributed by atoms with Crippen LogP contribution < -0.4 is 9.47 Å². The van der Waals surface area contributed by atoms with E-state index >= 15 is 0 Å². The molecule has 2 unspecified atom stereocenters. The third-order valence-electron chi connectivity index (χ3n) is 6.60. The molecule has 146 valence electrons. The Morgan fingerprint density at radius 1 is 1.04 bits per heavy atom. The molecule has 0 amide bonds. The maximum Gasteiger partial charge on any atom is 0.293 e. The summed E-state index contributed by atoms with van der Waals surface area (Å²) < 4.78 is 16.5. The van der Waals surface area contributed by atoms with Crippen molar-refractivity contribution >= 4 is 23.3 Å². The van der Waals surface area contributed by atoms with Gasteiger partial charge < -0.3 is 14.2 Å². The minimum atomic E-state index is -0.217. The van der Waals surface area contributed by atoms with Crippen molar-refractivity contribution in [2.24, 2.45) is 0 Å². The molecule has 0 spiro atoms. The fourth-order valence-corrected chi connectivity index (χ4v) is 5.28. The molecule has 2 aliphatic heterocycles. The second-order valence-electron chi connectivity index (χ2n) is 7.91. The van der Waals surface area contributed by atoms with Gasteiger partial charge in [0.2, 0.25) is 0 Å². The number of hydrogen-bond donors (Lipinski definition) is 0. The van der Waals surface area contributed by atoms with Crippen LogP contribution in [0, 0.1) is 0 Å². The molecule has 2 atom stereocenters. The standard InChI is InChI=1S/C23H25NO4/c1-26-22-10-19-18-9-15(28-13-25)5-6-16(18)17-8-14-4-3-7-24(14)12-21(17)20(19)11-23(22)27-2/h5-6,10-11,13-15H,3-4,7-9,12H2,1-2H3. The van der Waals surface area contributed by atoms with Crippen molar-refractivity contribution in [2.75, 3.05) is 20.8 Å². The first-order chi connectivity index (χ1) is 13.7. The molecule has 2 aromatic rings. The topological polar surface area (TPSA) is 48.0 Å². The number of carbonyl (C=O) groups is 1. The monoisotopic (exact) mass is 379 g/mol. The van der Waals surface area contributed by atoms with E-state index < -0.39 is 0 Å². The maximum absolute atomic E-state index is 10.9. The highest BCUT2D eigenvalue weighted by molar-refractivity contribution is 5.96. The van der Waals surface area contributed by atoms with Gasteiger partial charge in [-0.1, -0.05) is 6.08 Å². The highest BCUT2D eigenvalue weighted by atomic mass is 16.5. The van der Waals surface area contributed by atoms with Gasteiger partial charge in [-0.25, -0.2) is 0 Å². The van der Waals surface area contributed by atoms with Gasteiger partial charge in [0.1, 0.15) is 6.10 Å². The molecule has 2 heterocycles. The van der Waals surface area contributed by atoms with Crippen molar-refractivity contribution in [3.05, 3.63) is 40.5 Å². The normalized spacial score (nSPS) is 23.1. The van der Waals surface area contributed by atoms with Crippen LogP contribution in [0.3, 0.4) is 0 Å². The van der Waals surface area contributed by atoms with Crippen LogP contribution in [0.2, 0.25) is 0 Å². The predicted molar refractivity (Wildman–Crippen MR) is 108 cm³/mol. The third-order valence-corrected chi connectivity index (χ3v) is 6.60. The summed E-state index contributed by atoms with van der Waals surface area (Å²) in [5.74, 6) is 1.49. The van der Waals surface area contributed by atoms with Gasteiger partial charge in [0.05, 0.1) is 14.2 Å². The molecule has 0 aromatic heterocycles. The average Bonchev–Trinajstić information content (AvgIpc) is 3.19. The summed E-state index contributed by atoms with van der Waals surface area (Å²) in [6.07, 6.45) is 8.30. The van der Waals surface area contributed by atoms with E-state index in [4.69, 9.17) is 14.2 Å². The molecule has 1 saturated heterocycles. The second-order valence-corrected chi connectivity index (χ2v) is 7.91. The zero-order valence-corrected chi connectivity index (χ0v) is 16.4. The van der Waals surface area contributed by atoms with Crippen LogP contribution in [-0.2, 0) is 28.9 Å². The Labute approximate surface area is 164 Å². The summed E-state index contributed by atoms with van der Waals surface area (Å²) in [7, 11) is 3.35. The molecule has 0 N–H and O–H groups in total. The van der Waals surface area contributed by atoms with Gasteiger partial charge in [-0.15, -0.1) is 0 Å². The molecule has 1 fully saturated rings. The van der Waals surface area contributed by atoms with Crippen LogP contribution >= 0.6 is 0 Å². The minimum absolute atomic E-state index is 0.217. The number of ether oxygens (including phenoxy) is 3. The number of rotatable bonds is 4. The predicted octanol–water partition coefficient (Wildman–Crippen LogP) is 3.49. The largest absolute Gasteiger partial charge is 0.493 e. The fraction of sp³-hybridized carbons (Fsp3) is 0.435. The molecule has 5 heteroatoms. The second kappa shape index (κ2) is 6.82. The first-order valence-electron chi connectivity index (χ1n) is 9.97. The lowest BCUT2D eigenvalue weighted by atomic mass is 9.80. The van der Waals surface area contributed by atoms with E-state index in [1.54, 1.807) is 14.2 Å². The Kier molecular flexibility index (Phi) is 4.27. The Morgan fingerprint density at radius 3 is 2.50 bits per heavy atom. The van der Waals surface area contributed by atoms with E-state index in [-0.39, 0.29) is 6.10 Å². The zero-order chi connectivity index (χ0) is 19.3. The lowest BCUT2D eigenvalue weighted by Crippen LogP contribution is -2.36. The lowest BCUT2D eigenvalue weighted by molar-refractivity contribution is -0.131. The third kappa shape index (κ3) is 2.60. The van der Waals surface area contributed by atoms with Gasteiger partial charge in [0.25, 0.3) is 6.47 Å². The van der Waals surface area contributed by atoms with Crippen molar-refractivity contribution in [1.29, 1.82) is 0 Å². The minimum Gasteiger partial charge on any atom is -0.493 e. The van der Waals surface area contributed by atoms with Crippen LogP contribution in [0.4, 0.5) is 0 Å². The zero-order valence-electron chi connectivity index (χ0n) is 16.4. The first kappa shape index (κ1) is 17.6. The van der Waals surface area contributed by atoms with E-state index in [1.165, 1.54) is 52.4 Å². The van der Waals surface area contributed by atoms with Crippen molar-refractivity contribution in [1.82, 2.24) is 4.90 Å². The molecule has 0 bridgehead atoms. The molecular formula is C23H25NO4. The van der Waals surface area contributed by atoms with Gasteiger partial charge in [0.15, 0.2) is 11.5 Å². The molecule has 28 heavy (non-hydrogen) atoms. The molecule has 0 saturated carbocycles. The van der Waals surface area contributed by atoms with Gasteiger partial charge in [-0.2, -0.15) is 0 Å². The average molecular weight is 379 g/mol. The summed E-state index contributed by atoms with van der Waals surface area (Å²) in [5.41, 5.74) is 5.42. The molecular weight excluding hydrogens is 354 g/mol. The van der Waals surface area contributed by atoms with Gasteiger partial charge >= 0.3 is 0 Å². The van der Waals surface area contributed by atoms with Crippen LogP contribution in [0.5, 0.6) is 11.5 Å². The number of benzene rings is 2. The Balaban J connectivity index is 1.77. The molecule has 5 rings (SSSR count). The van der Waals surface area contributed by atoms with E-state index in [0.29, 0.717) is 18.9 Å². The van der Waals surface area contributed by atoms with Gasteiger partial charge in [0, 0.05) is 19.0 Å². The number of nitrogens with zero attached hydrogens (tertiary/aromatic N) is 1. The SMILES string of the molecule is COc1cc2c3c(c4c(c2cc1OC)CN1CCCC1C4)C=CC(OC=O)C3. The highest BCUT2D eigenvalue weighted by Crippen LogP contribution is 2.44. The Bertz CT molecular complexity index is 981. The smallest absolute Gasteiger partial charge is 0.293 e. The maximum atomic E-state index is 10.9.